The highest BCUT2D eigenvalue weighted by atomic mass is 35.5. The van der Waals surface area contributed by atoms with Crippen LogP contribution in [-0.2, 0) is 16.0 Å². The van der Waals surface area contributed by atoms with E-state index in [4.69, 9.17) is 16.0 Å². The van der Waals surface area contributed by atoms with E-state index in [9.17, 15) is 9.59 Å². The summed E-state index contributed by atoms with van der Waals surface area (Å²) in [7, 11) is 0. The maximum atomic E-state index is 12.6. The Morgan fingerprint density at radius 3 is 2.22 bits per heavy atom. The molecular formula is C24H31ClN4O3. The predicted molar refractivity (Wildman–Crippen MR) is 123 cm³/mol. The third-order valence-electron chi connectivity index (χ3n) is 6.28. The standard InChI is InChI=1S/C24H31ClN4O3/c25-20-7-5-19(6-8-20)21-17-26-22(32-21)9-10-23(30)29-15-13-27(14-16-29)18-24(31)28-11-3-1-2-4-12-28/h5-8,17H,1-4,9-16,18H2. The number of hydrogen-bond donors (Lipinski definition) is 0. The first-order valence-electron chi connectivity index (χ1n) is 11.6. The van der Waals surface area contributed by atoms with Crippen LogP contribution in [0.1, 0.15) is 38.0 Å². The van der Waals surface area contributed by atoms with E-state index in [-0.39, 0.29) is 11.8 Å². The van der Waals surface area contributed by atoms with Gasteiger partial charge in [-0.05, 0) is 37.1 Å². The number of rotatable bonds is 6. The molecule has 0 spiro atoms. The van der Waals surface area contributed by atoms with Gasteiger partial charge in [0.1, 0.15) is 0 Å². The van der Waals surface area contributed by atoms with Crippen molar-refractivity contribution in [1.29, 1.82) is 0 Å². The van der Waals surface area contributed by atoms with Gasteiger partial charge in [0.25, 0.3) is 0 Å². The Balaban J connectivity index is 1.19. The number of oxazole rings is 1. The highest BCUT2D eigenvalue weighted by Crippen LogP contribution is 2.23. The van der Waals surface area contributed by atoms with Crippen LogP contribution in [0, 0.1) is 0 Å². The molecule has 2 fully saturated rings. The summed E-state index contributed by atoms with van der Waals surface area (Å²) in [5.41, 5.74) is 0.908. The monoisotopic (exact) mass is 458 g/mol. The first kappa shape index (κ1) is 22.8. The lowest BCUT2D eigenvalue weighted by molar-refractivity contribution is -0.135. The van der Waals surface area contributed by atoms with Crippen molar-refractivity contribution in [2.75, 3.05) is 45.8 Å². The van der Waals surface area contributed by atoms with Gasteiger partial charge < -0.3 is 14.2 Å². The van der Waals surface area contributed by atoms with Crippen LogP contribution in [0.2, 0.25) is 5.02 Å². The lowest BCUT2D eigenvalue weighted by atomic mass is 10.2. The maximum Gasteiger partial charge on any atom is 0.236 e. The summed E-state index contributed by atoms with van der Waals surface area (Å²) in [5.74, 6) is 1.57. The van der Waals surface area contributed by atoms with E-state index in [1.54, 1.807) is 6.20 Å². The SMILES string of the molecule is O=C(CCc1ncc(-c2ccc(Cl)cc2)o1)N1CCN(CC(=O)N2CCCCCC2)CC1. The molecule has 32 heavy (non-hydrogen) atoms. The zero-order valence-electron chi connectivity index (χ0n) is 18.5. The van der Waals surface area contributed by atoms with E-state index < -0.39 is 0 Å². The number of piperazine rings is 1. The fourth-order valence-corrected chi connectivity index (χ4v) is 4.44. The summed E-state index contributed by atoms with van der Waals surface area (Å²) in [4.78, 5) is 35.6. The van der Waals surface area contributed by atoms with Crippen molar-refractivity contribution in [3.8, 4) is 11.3 Å². The van der Waals surface area contributed by atoms with Gasteiger partial charge in [-0.25, -0.2) is 4.98 Å². The van der Waals surface area contributed by atoms with Gasteiger partial charge in [0.2, 0.25) is 11.8 Å². The molecule has 2 aromatic rings. The van der Waals surface area contributed by atoms with E-state index in [1.807, 2.05) is 34.1 Å². The second-order valence-electron chi connectivity index (χ2n) is 8.58. The number of carbonyl (C=O) groups excluding carboxylic acids is 2. The van der Waals surface area contributed by atoms with Gasteiger partial charge in [0.15, 0.2) is 11.7 Å². The molecular weight excluding hydrogens is 428 g/mol. The van der Waals surface area contributed by atoms with E-state index in [0.717, 1.165) is 44.6 Å². The van der Waals surface area contributed by atoms with Crippen molar-refractivity contribution in [3.63, 3.8) is 0 Å². The Morgan fingerprint density at radius 2 is 1.53 bits per heavy atom. The molecule has 0 atom stereocenters. The van der Waals surface area contributed by atoms with Crippen LogP contribution in [-0.4, -0.2) is 77.3 Å². The number of aryl methyl sites for hydroxylation is 1. The normalized spacial score (nSPS) is 17.9. The highest BCUT2D eigenvalue weighted by molar-refractivity contribution is 6.30. The molecule has 0 saturated carbocycles. The second kappa shape index (κ2) is 11.0. The van der Waals surface area contributed by atoms with Crippen molar-refractivity contribution in [2.45, 2.75) is 38.5 Å². The number of nitrogens with zero attached hydrogens (tertiary/aromatic N) is 4. The molecule has 7 nitrogen and oxygen atoms in total. The molecule has 3 heterocycles. The van der Waals surface area contributed by atoms with Gasteiger partial charge in [-0.1, -0.05) is 24.4 Å². The Labute approximate surface area is 194 Å². The Kier molecular flexibility index (Phi) is 7.81. The van der Waals surface area contributed by atoms with Crippen LogP contribution < -0.4 is 0 Å². The molecule has 2 aliphatic heterocycles. The van der Waals surface area contributed by atoms with Crippen molar-refractivity contribution in [1.82, 2.24) is 19.7 Å². The van der Waals surface area contributed by atoms with Gasteiger partial charge in [-0.2, -0.15) is 0 Å². The third-order valence-corrected chi connectivity index (χ3v) is 6.53. The minimum Gasteiger partial charge on any atom is -0.441 e. The summed E-state index contributed by atoms with van der Waals surface area (Å²) in [6.45, 7) is 5.04. The third kappa shape index (κ3) is 6.11. The number of carbonyl (C=O) groups is 2. The molecule has 2 aliphatic rings. The smallest absolute Gasteiger partial charge is 0.236 e. The van der Waals surface area contributed by atoms with Gasteiger partial charge in [0, 0.05) is 62.7 Å². The van der Waals surface area contributed by atoms with Gasteiger partial charge in [0.05, 0.1) is 12.7 Å². The summed E-state index contributed by atoms with van der Waals surface area (Å²) >= 11 is 5.93. The fourth-order valence-electron chi connectivity index (χ4n) is 4.31. The van der Waals surface area contributed by atoms with E-state index in [2.05, 4.69) is 9.88 Å². The number of hydrogen-bond acceptors (Lipinski definition) is 5. The number of likely N-dealkylation sites (tertiary alicyclic amines) is 1. The molecule has 172 valence electrons. The molecule has 8 heteroatoms. The zero-order chi connectivity index (χ0) is 22.3. The van der Waals surface area contributed by atoms with Crippen molar-refractivity contribution >= 4 is 23.4 Å². The van der Waals surface area contributed by atoms with Crippen molar-refractivity contribution < 1.29 is 14.0 Å². The maximum absolute atomic E-state index is 12.6. The molecule has 1 aromatic carbocycles. The van der Waals surface area contributed by atoms with Gasteiger partial charge in [-0.15, -0.1) is 0 Å². The highest BCUT2D eigenvalue weighted by Gasteiger charge is 2.24. The zero-order valence-corrected chi connectivity index (χ0v) is 19.2. The van der Waals surface area contributed by atoms with Gasteiger partial charge in [-0.3, -0.25) is 14.5 Å². The molecule has 2 saturated heterocycles. The minimum atomic E-state index is 0.106. The Morgan fingerprint density at radius 1 is 0.875 bits per heavy atom. The molecule has 4 rings (SSSR count). The Hall–Kier alpha value is -2.38. The predicted octanol–water partition coefficient (Wildman–Crippen LogP) is 3.47. The van der Waals surface area contributed by atoms with Crippen molar-refractivity contribution in [2.24, 2.45) is 0 Å². The van der Waals surface area contributed by atoms with Crippen LogP contribution >= 0.6 is 11.6 Å². The minimum absolute atomic E-state index is 0.106. The molecule has 2 amide bonds. The van der Waals surface area contributed by atoms with Crippen molar-refractivity contribution in [3.05, 3.63) is 41.4 Å². The second-order valence-corrected chi connectivity index (χ2v) is 9.01. The average molecular weight is 459 g/mol. The first-order chi connectivity index (χ1) is 15.6. The largest absolute Gasteiger partial charge is 0.441 e. The molecule has 0 aliphatic carbocycles. The fraction of sp³-hybridized carbons (Fsp3) is 0.542. The molecule has 1 aromatic heterocycles. The quantitative estimate of drug-likeness (QED) is 0.662. The number of amides is 2. The molecule has 0 bridgehead atoms. The average Bonchev–Trinajstić information content (AvgIpc) is 3.11. The summed E-state index contributed by atoms with van der Waals surface area (Å²) in [6.07, 6.45) is 7.19. The van der Waals surface area contributed by atoms with Crippen LogP contribution in [0.15, 0.2) is 34.9 Å². The lowest BCUT2D eigenvalue weighted by Crippen LogP contribution is -2.51. The van der Waals surface area contributed by atoms with E-state index in [1.165, 1.54) is 12.8 Å². The van der Waals surface area contributed by atoms with Crippen LogP contribution in [0.5, 0.6) is 0 Å². The van der Waals surface area contributed by atoms with Gasteiger partial charge >= 0.3 is 0 Å². The number of halogens is 1. The number of benzene rings is 1. The summed E-state index contributed by atoms with van der Waals surface area (Å²) in [5, 5.41) is 0.672. The van der Waals surface area contributed by atoms with E-state index >= 15 is 0 Å². The topological polar surface area (TPSA) is 69.9 Å². The molecule has 0 N–H and O–H groups in total. The van der Waals surface area contributed by atoms with E-state index in [0.29, 0.717) is 49.1 Å². The first-order valence-corrected chi connectivity index (χ1v) is 11.9. The Bertz CT molecular complexity index is 898. The number of aromatic nitrogens is 1. The molecule has 0 radical (unpaired) electrons. The summed E-state index contributed by atoms with van der Waals surface area (Å²) < 4.78 is 5.80. The van der Waals surface area contributed by atoms with Crippen LogP contribution in [0.4, 0.5) is 0 Å². The van der Waals surface area contributed by atoms with Crippen LogP contribution in [0.3, 0.4) is 0 Å². The lowest BCUT2D eigenvalue weighted by Gasteiger charge is -2.35. The van der Waals surface area contributed by atoms with Crippen LogP contribution in [0.25, 0.3) is 11.3 Å². The summed E-state index contributed by atoms with van der Waals surface area (Å²) in [6, 6.07) is 7.39. The molecule has 0 unspecified atom stereocenters.